The van der Waals surface area contributed by atoms with Gasteiger partial charge in [0.2, 0.25) is 6.79 Å². The van der Waals surface area contributed by atoms with Crippen LogP contribution < -0.4 is 18.9 Å². The van der Waals surface area contributed by atoms with Crippen LogP contribution >= 0.6 is 0 Å². The lowest BCUT2D eigenvalue weighted by Gasteiger charge is -2.09. The molecule has 6 nitrogen and oxygen atoms in total. The van der Waals surface area contributed by atoms with Crippen LogP contribution in [0.2, 0.25) is 0 Å². The van der Waals surface area contributed by atoms with Gasteiger partial charge < -0.3 is 23.7 Å². The predicted molar refractivity (Wildman–Crippen MR) is 94.2 cm³/mol. The fraction of sp³-hybridized carbons (Fsp3) is 0.150. The minimum Gasteiger partial charge on any atom is -0.493 e. The van der Waals surface area contributed by atoms with Crippen LogP contribution in [0.15, 0.2) is 48.0 Å². The summed E-state index contributed by atoms with van der Waals surface area (Å²) in [7, 11) is 3.13. The normalized spacial score (nSPS) is 16.5. The number of hydrogen-bond donors (Lipinski definition) is 0. The van der Waals surface area contributed by atoms with Gasteiger partial charge in [0, 0.05) is 5.56 Å². The molecular weight excluding hydrogens is 336 g/mol. The summed E-state index contributed by atoms with van der Waals surface area (Å²) >= 11 is 0. The van der Waals surface area contributed by atoms with Gasteiger partial charge >= 0.3 is 5.97 Å². The van der Waals surface area contributed by atoms with Crippen molar-refractivity contribution < 1.29 is 28.5 Å². The van der Waals surface area contributed by atoms with Crippen molar-refractivity contribution in [2.45, 2.75) is 0 Å². The number of carbonyl (C=O) groups excluding carboxylic acids is 1. The van der Waals surface area contributed by atoms with E-state index in [0.717, 1.165) is 11.1 Å². The number of benzene rings is 2. The van der Waals surface area contributed by atoms with Crippen LogP contribution in [0, 0.1) is 0 Å². The summed E-state index contributed by atoms with van der Waals surface area (Å²) in [5.74, 6) is 2.58. The Morgan fingerprint density at radius 2 is 1.77 bits per heavy atom. The highest BCUT2D eigenvalue weighted by Gasteiger charge is 2.23. The zero-order valence-corrected chi connectivity index (χ0v) is 14.3. The highest BCUT2D eigenvalue weighted by molar-refractivity contribution is 6.05. The van der Waals surface area contributed by atoms with Crippen molar-refractivity contribution in [3.63, 3.8) is 0 Å². The number of esters is 1. The monoisotopic (exact) mass is 352 g/mol. The molecule has 4 rings (SSSR count). The summed E-state index contributed by atoms with van der Waals surface area (Å²) in [4.78, 5) is 12.2. The van der Waals surface area contributed by atoms with E-state index in [9.17, 15) is 4.79 Å². The summed E-state index contributed by atoms with van der Waals surface area (Å²) < 4.78 is 26.6. The molecule has 0 bridgehead atoms. The highest BCUT2D eigenvalue weighted by Crippen LogP contribution is 2.36. The van der Waals surface area contributed by atoms with Crippen LogP contribution in [0.4, 0.5) is 0 Å². The smallest absolute Gasteiger partial charge is 0.343 e. The molecule has 2 aromatic rings. The second-order valence-electron chi connectivity index (χ2n) is 5.68. The molecule has 2 aliphatic rings. The molecule has 2 aliphatic heterocycles. The number of hydrogen-bond acceptors (Lipinski definition) is 6. The predicted octanol–water partition coefficient (Wildman–Crippen LogP) is 3.41. The number of cyclic esters (lactones) is 1. The Bertz CT molecular complexity index is 941. The molecule has 132 valence electrons. The van der Waals surface area contributed by atoms with Crippen LogP contribution in [-0.2, 0) is 9.53 Å². The summed E-state index contributed by atoms with van der Waals surface area (Å²) in [5.41, 5.74) is 2.00. The number of methoxy groups -OCH3 is 2. The van der Waals surface area contributed by atoms with Gasteiger partial charge in [-0.05, 0) is 48.0 Å². The van der Waals surface area contributed by atoms with Gasteiger partial charge in [-0.2, -0.15) is 0 Å². The number of fused-ring (bicyclic) bond motifs is 1. The summed E-state index contributed by atoms with van der Waals surface area (Å²) in [6.45, 7) is 0.209. The first-order valence-corrected chi connectivity index (χ1v) is 7.95. The van der Waals surface area contributed by atoms with E-state index in [2.05, 4.69) is 0 Å². The maximum Gasteiger partial charge on any atom is 0.343 e. The molecule has 26 heavy (non-hydrogen) atoms. The van der Waals surface area contributed by atoms with E-state index in [1.165, 1.54) is 0 Å². The summed E-state index contributed by atoms with van der Waals surface area (Å²) in [6, 6.07) is 10.8. The lowest BCUT2D eigenvalue weighted by molar-refractivity contribution is -0.130. The molecular formula is C20H16O6. The molecule has 0 aromatic heterocycles. The zero-order chi connectivity index (χ0) is 18.1. The van der Waals surface area contributed by atoms with Crippen molar-refractivity contribution in [1.29, 1.82) is 0 Å². The Labute approximate surface area is 150 Å². The molecule has 2 heterocycles. The first-order valence-electron chi connectivity index (χ1n) is 7.95. The largest absolute Gasteiger partial charge is 0.493 e. The van der Waals surface area contributed by atoms with Crippen molar-refractivity contribution in [3.05, 3.63) is 59.2 Å². The standard InChI is InChI=1S/C20H16O6/c1-22-15-6-4-13(9-18(15)23-2)17-10-14(20(21)26-17)7-12-3-5-16-19(8-12)25-11-24-16/h3-10H,11H2,1-2H3/b14-7-. The fourth-order valence-electron chi connectivity index (χ4n) is 2.80. The van der Waals surface area contributed by atoms with E-state index < -0.39 is 5.97 Å². The molecule has 0 unspecified atom stereocenters. The maximum atomic E-state index is 12.2. The van der Waals surface area contributed by atoms with Gasteiger partial charge in [-0.1, -0.05) is 6.07 Å². The Morgan fingerprint density at radius 1 is 0.962 bits per heavy atom. The zero-order valence-electron chi connectivity index (χ0n) is 14.3. The van der Waals surface area contributed by atoms with Gasteiger partial charge in [-0.15, -0.1) is 0 Å². The van der Waals surface area contributed by atoms with Crippen molar-refractivity contribution >= 4 is 17.8 Å². The third-order valence-electron chi connectivity index (χ3n) is 4.11. The molecule has 0 fully saturated rings. The highest BCUT2D eigenvalue weighted by atomic mass is 16.7. The lowest BCUT2D eigenvalue weighted by Crippen LogP contribution is -1.98. The summed E-state index contributed by atoms with van der Waals surface area (Å²) in [6.07, 6.45) is 3.45. The minimum atomic E-state index is -0.410. The van der Waals surface area contributed by atoms with Gasteiger partial charge in [-0.25, -0.2) is 4.79 Å². The van der Waals surface area contributed by atoms with Gasteiger partial charge in [0.15, 0.2) is 23.0 Å². The van der Waals surface area contributed by atoms with Gasteiger partial charge in [0.1, 0.15) is 5.76 Å². The number of ether oxygens (including phenoxy) is 5. The van der Waals surface area contributed by atoms with E-state index in [4.69, 9.17) is 23.7 Å². The van der Waals surface area contributed by atoms with Crippen molar-refractivity contribution in [1.82, 2.24) is 0 Å². The van der Waals surface area contributed by atoms with E-state index in [1.807, 2.05) is 24.3 Å². The molecule has 0 atom stereocenters. The van der Waals surface area contributed by atoms with E-state index in [0.29, 0.717) is 34.3 Å². The Hall–Kier alpha value is -3.41. The first-order chi connectivity index (χ1) is 12.7. The quantitative estimate of drug-likeness (QED) is 0.621. The molecule has 0 amide bonds. The van der Waals surface area contributed by atoms with E-state index in [-0.39, 0.29) is 6.79 Å². The van der Waals surface area contributed by atoms with Gasteiger partial charge in [0.25, 0.3) is 0 Å². The van der Waals surface area contributed by atoms with Crippen molar-refractivity contribution in [2.24, 2.45) is 0 Å². The maximum absolute atomic E-state index is 12.2. The Kier molecular flexibility index (Phi) is 4.01. The van der Waals surface area contributed by atoms with Crippen LogP contribution in [0.5, 0.6) is 23.0 Å². The Balaban J connectivity index is 1.65. The molecule has 0 saturated carbocycles. The Morgan fingerprint density at radius 3 is 2.58 bits per heavy atom. The third-order valence-corrected chi connectivity index (χ3v) is 4.11. The molecule has 0 saturated heterocycles. The molecule has 0 aliphatic carbocycles. The molecule has 0 N–H and O–H groups in total. The SMILES string of the molecule is COc1ccc(C2=C/C(=C/c3ccc4c(c3)OCO4)C(=O)O2)cc1OC. The average Bonchev–Trinajstić information content (AvgIpc) is 3.27. The van der Waals surface area contributed by atoms with Gasteiger partial charge in [-0.3, -0.25) is 0 Å². The lowest BCUT2D eigenvalue weighted by atomic mass is 10.1. The second-order valence-corrected chi connectivity index (χ2v) is 5.68. The first kappa shape index (κ1) is 16.1. The number of rotatable bonds is 4. The van der Waals surface area contributed by atoms with Crippen LogP contribution in [0.1, 0.15) is 11.1 Å². The van der Waals surface area contributed by atoms with Crippen LogP contribution in [0.25, 0.3) is 11.8 Å². The number of carbonyl (C=O) groups is 1. The molecule has 2 aromatic carbocycles. The van der Waals surface area contributed by atoms with Crippen LogP contribution in [-0.4, -0.2) is 27.0 Å². The molecule has 0 spiro atoms. The average molecular weight is 352 g/mol. The van der Waals surface area contributed by atoms with Crippen molar-refractivity contribution in [2.75, 3.05) is 21.0 Å². The summed E-state index contributed by atoms with van der Waals surface area (Å²) in [5, 5.41) is 0. The van der Waals surface area contributed by atoms with E-state index >= 15 is 0 Å². The fourth-order valence-corrected chi connectivity index (χ4v) is 2.80. The van der Waals surface area contributed by atoms with Crippen LogP contribution in [0.3, 0.4) is 0 Å². The molecule has 0 radical (unpaired) electrons. The van der Waals surface area contributed by atoms with Gasteiger partial charge in [0.05, 0.1) is 19.8 Å². The topological polar surface area (TPSA) is 63.2 Å². The molecule has 6 heteroatoms. The van der Waals surface area contributed by atoms with Crippen molar-refractivity contribution in [3.8, 4) is 23.0 Å². The van der Waals surface area contributed by atoms with E-state index in [1.54, 1.807) is 38.5 Å². The second kappa shape index (κ2) is 6.48. The third kappa shape index (κ3) is 2.86. The minimum absolute atomic E-state index is 0.209.